The molecule has 2 aromatic rings. The molecule has 7 nitrogen and oxygen atoms in total. The first-order valence-corrected chi connectivity index (χ1v) is 6.76. The lowest BCUT2D eigenvalue weighted by molar-refractivity contribution is -0.384. The minimum absolute atomic E-state index is 0.00225. The van der Waals surface area contributed by atoms with Crippen LogP contribution in [0.1, 0.15) is 0 Å². The number of carbonyl (C=O) groups excluding carboxylic acids is 1. The van der Waals surface area contributed by atoms with Crippen molar-refractivity contribution in [2.24, 2.45) is 0 Å². The van der Waals surface area contributed by atoms with E-state index in [9.17, 15) is 14.9 Å². The first-order chi connectivity index (χ1) is 11.1. The molecular formula is C16H15N3O4. The maximum Gasteiger partial charge on any atom is 0.319 e. The number of nitro benzene ring substituents is 1. The smallest absolute Gasteiger partial charge is 0.319 e. The van der Waals surface area contributed by atoms with Gasteiger partial charge in [0.25, 0.3) is 5.69 Å². The van der Waals surface area contributed by atoms with Gasteiger partial charge in [-0.05, 0) is 36.4 Å². The summed E-state index contributed by atoms with van der Waals surface area (Å²) in [4.78, 5) is 21.6. The second-order valence-corrected chi connectivity index (χ2v) is 4.50. The van der Waals surface area contributed by atoms with Crippen molar-refractivity contribution in [2.45, 2.75) is 0 Å². The van der Waals surface area contributed by atoms with E-state index in [1.807, 2.05) is 0 Å². The average Bonchev–Trinajstić information content (AvgIpc) is 2.55. The molecule has 0 radical (unpaired) electrons. The molecule has 0 atom stereocenters. The number of hydrogen-bond donors (Lipinski definition) is 2. The summed E-state index contributed by atoms with van der Waals surface area (Å²) in [5.41, 5.74) is 0.616. The summed E-state index contributed by atoms with van der Waals surface area (Å²) in [5, 5.41) is 15.8. The van der Waals surface area contributed by atoms with E-state index in [0.29, 0.717) is 23.7 Å². The van der Waals surface area contributed by atoms with Gasteiger partial charge in [-0.2, -0.15) is 0 Å². The zero-order valence-corrected chi connectivity index (χ0v) is 12.2. The number of nitrogens with zero attached hydrogens (tertiary/aromatic N) is 1. The van der Waals surface area contributed by atoms with Gasteiger partial charge >= 0.3 is 6.03 Å². The second-order valence-electron chi connectivity index (χ2n) is 4.50. The molecule has 0 unspecified atom stereocenters. The number of urea groups is 1. The Morgan fingerprint density at radius 3 is 2.22 bits per heavy atom. The van der Waals surface area contributed by atoms with E-state index in [1.54, 1.807) is 30.3 Å². The highest BCUT2D eigenvalue weighted by Crippen LogP contribution is 2.24. The Labute approximate surface area is 132 Å². The minimum atomic E-state index is -0.471. The van der Waals surface area contributed by atoms with Crippen LogP contribution in [0, 0.1) is 10.1 Å². The van der Waals surface area contributed by atoms with Crippen LogP contribution in [0.25, 0.3) is 0 Å². The molecule has 0 aromatic heterocycles. The van der Waals surface area contributed by atoms with Crippen LogP contribution in [-0.4, -0.2) is 17.5 Å². The van der Waals surface area contributed by atoms with Crippen LogP contribution in [0.4, 0.5) is 16.2 Å². The summed E-state index contributed by atoms with van der Waals surface area (Å²) >= 11 is 0. The van der Waals surface area contributed by atoms with E-state index < -0.39 is 4.92 Å². The molecule has 2 rings (SSSR count). The average molecular weight is 313 g/mol. The molecule has 0 saturated carbocycles. The molecule has 23 heavy (non-hydrogen) atoms. The van der Waals surface area contributed by atoms with E-state index in [4.69, 9.17) is 4.74 Å². The van der Waals surface area contributed by atoms with Crippen molar-refractivity contribution in [2.75, 3.05) is 11.9 Å². The summed E-state index contributed by atoms with van der Waals surface area (Å²) in [6.07, 6.45) is 1.58. The van der Waals surface area contributed by atoms with Gasteiger partial charge in [0.1, 0.15) is 11.5 Å². The zero-order valence-electron chi connectivity index (χ0n) is 12.2. The lowest BCUT2D eigenvalue weighted by atomic mass is 10.3. The lowest BCUT2D eigenvalue weighted by Gasteiger charge is -2.08. The number of carbonyl (C=O) groups is 1. The molecule has 0 spiro atoms. The van der Waals surface area contributed by atoms with Gasteiger partial charge in [-0.1, -0.05) is 6.08 Å². The van der Waals surface area contributed by atoms with Crippen LogP contribution < -0.4 is 15.4 Å². The van der Waals surface area contributed by atoms with E-state index in [1.165, 1.54) is 24.3 Å². The number of non-ortho nitro benzene ring substituents is 1. The van der Waals surface area contributed by atoms with Crippen molar-refractivity contribution in [3.63, 3.8) is 0 Å². The Bertz CT molecular complexity index is 696. The number of rotatable bonds is 6. The third-order valence-electron chi connectivity index (χ3n) is 2.80. The van der Waals surface area contributed by atoms with E-state index in [0.717, 1.165) is 0 Å². The standard InChI is InChI=1S/C16H15N3O4/c1-2-11-17-16(20)18-12-3-7-14(8-4-12)23-15-9-5-13(6-10-15)19(21)22/h2-10H,1,11H2,(H2,17,18,20). The molecule has 0 fully saturated rings. The van der Waals surface area contributed by atoms with Gasteiger partial charge < -0.3 is 15.4 Å². The number of amides is 2. The molecule has 0 heterocycles. The number of benzene rings is 2. The molecule has 0 aliphatic carbocycles. The fourth-order valence-electron chi connectivity index (χ4n) is 1.72. The number of nitrogens with one attached hydrogen (secondary N) is 2. The maximum absolute atomic E-state index is 11.5. The maximum atomic E-state index is 11.5. The largest absolute Gasteiger partial charge is 0.457 e. The summed E-state index contributed by atoms with van der Waals surface area (Å²) in [5.74, 6) is 1.04. The molecule has 2 N–H and O–H groups in total. The normalized spacial score (nSPS) is 9.74. The Morgan fingerprint density at radius 1 is 1.13 bits per heavy atom. The van der Waals surface area contributed by atoms with Crippen molar-refractivity contribution in [1.82, 2.24) is 5.32 Å². The Morgan fingerprint density at radius 2 is 1.70 bits per heavy atom. The third-order valence-corrected chi connectivity index (χ3v) is 2.80. The monoisotopic (exact) mass is 313 g/mol. The van der Waals surface area contributed by atoms with Crippen LogP contribution >= 0.6 is 0 Å². The second kappa shape index (κ2) is 7.60. The molecule has 118 valence electrons. The lowest BCUT2D eigenvalue weighted by Crippen LogP contribution is -2.28. The SMILES string of the molecule is C=CCNC(=O)Nc1ccc(Oc2ccc([N+](=O)[O-])cc2)cc1. The van der Waals surface area contributed by atoms with Crippen molar-refractivity contribution >= 4 is 17.4 Å². The van der Waals surface area contributed by atoms with E-state index in [-0.39, 0.29) is 11.7 Å². The quantitative estimate of drug-likeness (QED) is 0.483. The molecular weight excluding hydrogens is 298 g/mol. The van der Waals surface area contributed by atoms with Crippen LogP contribution in [0.5, 0.6) is 11.5 Å². The number of hydrogen-bond acceptors (Lipinski definition) is 4. The third kappa shape index (κ3) is 4.85. The summed E-state index contributed by atoms with van der Waals surface area (Å²) in [7, 11) is 0. The highest BCUT2D eigenvalue weighted by atomic mass is 16.6. The number of anilines is 1. The van der Waals surface area contributed by atoms with Crippen molar-refractivity contribution in [3.05, 3.63) is 71.3 Å². The van der Waals surface area contributed by atoms with Gasteiger partial charge in [-0.25, -0.2) is 4.79 Å². The first-order valence-electron chi connectivity index (χ1n) is 6.76. The van der Waals surface area contributed by atoms with Gasteiger partial charge in [-0.15, -0.1) is 6.58 Å². The van der Waals surface area contributed by atoms with Crippen molar-refractivity contribution in [3.8, 4) is 11.5 Å². The minimum Gasteiger partial charge on any atom is -0.457 e. The highest BCUT2D eigenvalue weighted by molar-refractivity contribution is 5.89. The molecule has 2 amide bonds. The number of nitro groups is 1. The van der Waals surface area contributed by atoms with Crippen LogP contribution in [0.2, 0.25) is 0 Å². The predicted octanol–water partition coefficient (Wildman–Crippen LogP) is 3.69. The van der Waals surface area contributed by atoms with Crippen molar-refractivity contribution in [1.29, 1.82) is 0 Å². The zero-order chi connectivity index (χ0) is 16.7. The fraction of sp³-hybridized carbons (Fsp3) is 0.0625. The van der Waals surface area contributed by atoms with Crippen molar-refractivity contribution < 1.29 is 14.5 Å². The van der Waals surface area contributed by atoms with Crippen LogP contribution in [-0.2, 0) is 0 Å². The van der Waals surface area contributed by atoms with E-state index in [2.05, 4.69) is 17.2 Å². The van der Waals surface area contributed by atoms with Gasteiger partial charge in [0.15, 0.2) is 0 Å². The molecule has 0 aliphatic rings. The summed E-state index contributed by atoms with van der Waals surface area (Å²) < 4.78 is 5.57. The first kappa shape index (κ1) is 16.0. The molecule has 0 aliphatic heterocycles. The molecule has 2 aromatic carbocycles. The number of ether oxygens (including phenoxy) is 1. The van der Waals surface area contributed by atoms with Crippen LogP contribution in [0.3, 0.4) is 0 Å². The summed E-state index contributed by atoms with van der Waals surface area (Å²) in [6.45, 7) is 3.89. The van der Waals surface area contributed by atoms with Crippen LogP contribution in [0.15, 0.2) is 61.2 Å². The molecule has 7 heteroatoms. The van der Waals surface area contributed by atoms with E-state index >= 15 is 0 Å². The predicted molar refractivity (Wildman–Crippen MR) is 86.8 cm³/mol. The Kier molecular flexibility index (Phi) is 5.30. The highest BCUT2D eigenvalue weighted by Gasteiger charge is 2.05. The van der Waals surface area contributed by atoms with Gasteiger partial charge in [-0.3, -0.25) is 10.1 Å². The Hall–Kier alpha value is -3.35. The fourth-order valence-corrected chi connectivity index (χ4v) is 1.72. The van der Waals surface area contributed by atoms with Gasteiger partial charge in [0, 0.05) is 24.4 Å². The van der Waals surface area contributed by atoms with Gasteiger partial charge in [0.2, 0.25) is 0 Å². The van der Waals surface area contributed by atoms with Gasteiger partial charge in [0.05, 0.1) is 4.92 Å². The topological polar surface area (TPSA) is 93.5 Å². The summed E-state index contributed by atoms with van der Waals surface area (Å²) in [6, 6.07) is 12.2. The molecule has 0 bridgehead atoms. The molecule has 0 saturated heterocycles. The Balaban J connectivity index is 1.95.